The van der Waals surface area contributed by atoms with Gasteiger partial charge in [0.2, 0.25) is 12.3 Å². The Morgan fingerprint density at radius 1 is 1.20 bits per heavy atom. The van der Waals surface area contributed by atoms with Crippen molar-refractivity contribution >= 4 is 40.8 Å². The summed E-state index contributed by atoms with van der Waals surface area (Å²) in [6, 6.07) is 8.86. The highest BCUT2D eigenvalue weighted by Crippen LogP contribution is 2.49. The third-order valence-electron chi connectivity index (χ3n) is 10.7. The molecule has 1 unspecified atom stereocenters. The first kappa shape index (κ1) is 41.1. The van der Waals surface area contributed by atoms with E-state index < -0.39 is 71.9 Å². The van der Waals surface area contributed by atoms with Gasteiger partial charge in [-0.15, -0.1) is 0 Å². The number of aliphatic hydroxyl groups excluding tert-OH is 1. The molecule has 0 aliphatic carbocycles. The zero-order valence-corrected chi connectivity index (χ0v) is 32.6. The number of ether oxygens (including phenoxy) is 5. The maximum Gasteiger partial charge on any atom is 0.328 e. The summed E-state index contributed by atoms with van der Waals surface area (Å²) in [7, 11) is 6.01. The van der Waals surface area contributed by atoms with Gasteiger partial charge in [-0.25, -0.2) is 10.1 Å². The first-order valence-electron chi connectivity index (χ1n) is 17.8. The normalized spacial score (nSPS) is 32.4. The fraction of sp³-hybridized carbons (Fsp3) is 0.513. The van der Waals surface area contributed by atoms with Crippen molar-refractivity contribution in [3.8, 4) is 5.75 Å². The van der Waals surface area contributed by atoms with E-state index in [1.165, 1.54) is 38.0 Å². The first-order valence-corrected chi connectivity index (χ1v) is 18.1. The molecule has 0 radical (unpaired) electrons. The molecule has 54 heavy (non-hydrogen) atoms. The van der Waals surface area contributed by atoms with E-state index in [0.717, 1.165) is 11.1 Å². The number of nitrogen functional groups attached to an aromatic ring is 1. The van der Waals surface area contributed by atoms with E-state index in [0.29, 0.717) is 29.1 Å². The molecule has 9 atom stereocenters. The minimum Gasteiger partial charge on any atom is -0.495 e. The molecule has 0 saturated carbocycles. The van der Waals surface area contributed by atoms with E-state index in [1.54, 1.807) is 62.5 Å². The predicted octanol–water partition coefficient (Wildman–Crippen LogP) is 3.57. The summed E-state index contributed by atoms with van der Waals surface area (Å²) in [6.07, 6.45) is 0.500. The van der Waals surface area contributed by atoms with Crippen molar-refractivity contribution in [3.05, 3.63) is 76.3 Å². The summed E-state index contributed by atoms with van der Waals surface area (Å²) >= 11 is 6.77. The number of nitrogens with one attached hydrogen (secondary N) is 1. The molecule has 3 aliphatic heterocycles. The Hall–Kier alpha value is -4.02. The Balaban J connectivity index is 1.52. The van der Waals surface area contributed by atoms with Crippen molar-refractivity contribution in [2.75, 3.05) is 38.9 Å². The molecule has 3 heterocycles. The maximum atomic E-state index is 14.2. The van der Waals surface area contributed by atoms with Crippen LogP contribution in [0.5, 0.6) is 5.75 Å². The van der Waals surface area contributed by atoms with Crippen molar-refractivity contribution < 1.29 is 48.3 Å². The molecule has 2 fully saturated rings. The van der Waals surface area contributed by atoms with Crippen LogP contribution in [0.2, 0.25) is 5.02 Å². The first-order chi connectivity index (χ1) is 25.4. The number of carbonyl (C=O) groups excluding carboxylic acids is 3. The lowest BCUT2D eigenvalue weighted by atomic mass is 9.83. The average molecular weight is 771 g/mol. The van der Waals surface area contributed by atoms with Gasteiger partial charge in [-0.05, 0) is 69.2 Å². The number of epoxide rings is 1. The predicted molar refractivity (Wildman–Crippen MR) is 202 cm³/mol. The number of halogens is 1. The lowest BCUT2D eigenvalue weighted by Crippen LogP contribution is -2.65. The van der Waals surface area contributed by atoms with Crippen LogP contribution in [0.1, 0.15) is 56.5 Å². The van der Waals surface area contributed by atoms with Crippen LogP contribution in [-0.4, -0.2) is 109 Å². The van der Waals surface area contributed by atoms with Crippen molar-refractivity contribution in [3.63, 3.8) is 0 Å². The number of nitrogens with zero attached hydrogens (tertiary/aromatic N) is 2. The van der Waals surface area contributed by atoms with Gasteiger partial charge in [0.15, 0.2) is 5.72 Å². The topological polar surface area (TPSA) is 186 Å². The van der Waals surface area contributed by atoms with Crippen LogP contribution in [-0.2, 0) is 35.0 Å². The third-order valence-corrected chi connectivity index (χ3v) is 11.1. The second-order valence-corrected chi connectivity index (χ2v) is 14.9. The fourth-order valence-electron chi connectivity index (χ4n) is 7.12. The van der Waals surface area contributed by atoms with Gasteiger partial charge in [-0.1, -0.05) is 42.3 Å². The number of amides is 2. The standard InChI is InChI=1S/C39H51ClN4O10/c1-21-10-9-11-30(51-8)39(49)20-29(52-37(48)42-39)22(2)34-38(4,54-34)31(19-32(45)44(6)27-17-24(16-21)18-28(50-7)33(27)40)53-36(47)23(3)43(5)35(46)25-12-14-26(41)15-13-25/h9-15,17-18,22-23,29-31,34,37,42,48-49H,16,19-20,41H2,1-8H3/b11-9+,21-10+/t22-,23+,29+,30-,31+,34+,37?,38+,39+/m1/s1. The summed E-state index contributed by atoms with van der Waals surface area (Å²) < 4.78 is 29.5. The van der Waals surface area contributed by atoms with Gasteiger partial charge in [-0.3, -0.25) is 9.59 Å². The van der Waals surface area contributed by atoms with Gasteiger partial charge in [0.05, 0.1) is 31.4 Å². The number of aliphatic hydroxyl groups is 2. The van der Waals surface area contributed by atoms with Crippen LogP contribution in [0.3, 0.4) is 0 Å². The monoisotopic (exact) mass is 770 g/mol. The van der Waals surface area contributed by atoms with Gasteiger partial charge in [0, 0.05) is 44.8 Å². The van der Waals surface area contributed by atoms with E-state index in [2.05, 4.69) is 5.32 Å². The Labute approximate surface area is 320 Å². The van der Waals surface area contributed by atoms with Gasteiger partial charge in [0.1, 0.15) is 34.6 Å². The van der Waals surface area contributed by atoms with Gasteiger partial charge < -0.3 is 49.4 Å². The molecule has 14 nitrogen and oxygen atoms in total. The Morgan fingerprint density at radius 2 is 1.89 bits per heavy atom. The minimum absolute atomic E-state index is 0.00195. The highest BCUT2D eigenvalue weighted by Gasteiger charge is 2.64. The number of esters is 1. The number of benzene rings is 2. The average Bonchev–Trinajstić information content (AvgIpc) is 3.83. The van der Waals surface area contributed by atoms with Crippen LogP contribution in [0.15, 0.2) is 60.2 Å². The molecule has 15 heteroatoms. The number of hydrogen-bond donors (Lipinski definition) is 4. The van der Waals surface area contributed by atoms with Crippen LogP contribution < -0.4 is 20.7 Å². The van der Waals surface area contributed by atoms with E-state index in [4.69, 9.17) is 41.0 Å². The van der Waals surface area contributed by atoms with Crippen molar-refractivity contribution in [1.82, 2.24) is 10.2 Å². The molecule has 5 N–H and O–H groups in total. The number of nitrogens with two attached hydrogens (primary N) is 1. The maximum absolute atomic E-state index is 14.2. The zero-order valence-electron chi connectivity index (χ0n) is 31.9. The molecular weight excluding hydrogens is 720 g/mol. The SMILES string of the molecule is COc1cc2cc(c1Cl)N(C)C(=O)C[C@H](OC(=O)[C@H](C)N(C)C(=O)c1ccc(N)cc1)[C@]1(C)O[C@H]1[C@H](C)[C@@H]1C[C@@](O)(NC(O)O1)[C@H](OC)/C=C/C=C(\C)C2. The number of likely N-dealkylation sites (N-methyl/N-ethyl adjacent to an activating group) is 1. The molecule has 0 spiro atoms. The summed E-state index contributed by atoms with van der Waals surface area (Å²) in [6.45, 7) is 7.02. The highest BCUT2D eigenvalue weighted by molar-refractivity contribution is 6.35. The van der Waals surface area contributed by atoms with E-state index in [1.807, 2.05) is 19.9 Å². The Morgan fingerprint density at radius 3 is 2.54 bits per heavy atom. The number of hydrogen-bond acceptors (Lipinski definition) is 12. The summed E-state index contributed by atoms with van der Waals surface area (Å²) in [5.74, 6) is -1.74. The molecule has 5 rings (SSSR count). The van der Waals surface area contributed by atoms with Crippen molar-refractivity contribution in [2.45, 2.75) is 95.2 Å². The molecule has 2 saturated heterocycles. The van der Waals surface area contributed by atoms with Crippen LogP contribution in [0, 0.1) is 5.92 Å². The molecule has 0 aromatic heterocycles. The number of rotatable bonds is 6. The number of allylic oxidation sites excluding steroid dienone is 3. The highest BCUT2D eigenvalue weighted by atomic mass is 35.5. The zero-order chi connectivity index (χ0) is 39.7. The van der Waals surface area contributed by atoms with Crippen molar-refractivity contribution in [1.29, 1.82) is 0 Å². The van der Waals surface area contributed by atoms with E-state index in [-0.39, 0.29) is 17.9 Å². The molecule has 2 aromatic rings. The largest absolute Gasteiger partial charge is 0.495 e. The van der Waals surface area contributed by atoms with E-state index >= 15 is 0 Å². The quantitative estimate of drug-likeness (QED) is 0.191. The number of fused-ring (bicyclic) bond motifs is 5. The Kier molecular flexibility index (Phi) is 12.5. The van der Waals surface area contributed by atoms with Gasteiger partial charge in [0.25, 0.3) is 5.91 Å². The summed E-state index contributed by atoms with van der Waals surface area (Å²) in [5.41, 5.74) is 5.79. The van der Waals surface area contributed by atoms with Gasteiger partial charge in [-0.2, -0.15) is 0 Å². The van der Waals surface area contributed by atoms with Crippen LogP contribution in [0.4, 0.5) is 11.4 Å². The second kappa shape index (κ2) is 16.4. The molecule has 3 aliphatic rings. The molecular formula is C39H51ClN4O10. The molecule has 4 bridgehead atoms. The van der Waals surface area contributed by atoms with Crippen LogP contribution in [0.25, 0.3) is 0 Å². The number of anilines is 2. The van der Waals surface area contributed by atoms with Crippen molar-refractivity contribution in [2.24, 2.45) is 5.92 Å². The third kappa shape index (κ3) is 8.60. The number of methoxy groups -OCH3 is 2. The summed E-state index contributed by atoms with van der Waals surface area (Å²) in [5, 5.41) is 25.5. The lowest BCUT2D eigenvalue weighted by molar-refractivity contribution is -0.270. The molecule has 2 aromatic carbocycles. The lowest BCUT2D eigenvalue weighted by Gasteiger charge is -2.44. The van der Waals surface area contributed by atoms with E-state index in [9.17, 15) is 24.6 Å². The second-order valence-electron chi connectivity index (χ2n) is 14.5. The van der Waals surface area contributed by atoms with Crippen LogP contribution >= 0.6 is 11.6 Å². The van der Waals surface area contributed by atoms with Gasteiger partial charge >= 0.3 is 5.97 Å². The number of carbonyl (C=O) groups is 3. The smallest absolute Gasteiger partial charge is 0.328 e. The molecule has 294 valence electrons. The molecule has 2 amide bonds. The summed E-state index contributed by atoms with van der Waals surface area (Å²) in [4.78, 5) is 43.9. The fourth-order valence-corrected chi connectivity index (χ4v) is 7.43. The Bertz CT molecular complexity index is 1790. The minimum atomic E-state index is -1.74.